The van der Waals surface area contributed by atoms with Crippen molar-refractivity contribution in [1.29, 1.82) is 5.26 Å². The second kappa shape index (κ2) is 14.5. The number of ether oxygens (including phenoxy) is 3. The molecule has 1 aromatic carbocycles. The van der Waals surface area contributed by atoms with Gasteiger partial charge in [-0.2, -0.15) is 5.26 Å². The van der Waals surface area contributed by atoms with Crippen molar-refractivity contribution in [1.82, 2.24) is 49.8 Å². The first kappa shape index (κ1) is 32.2. The number of thiazole rings is 1. The van der Waals surface area contributed by atoms with Crippen LogP contribution in [0, 0.1) is 11.3 Å². The van der Waals surface area contributed by atoms with Gasteiger partial charge in [0.05, 0.1) is 43.3 Å². The number of rotatable bonds is 12. The second-order valence-corrected chi connectivity index (χ2v) is 14.0. The summed E-state index contributed by atoms with van der Waals surface area (Å²) in [6.07, 6.45) is 13.6. The number of nitrogens with one attached hydrogen (secondary N) is 1. The number of morpholine rings is 1. The molecule has 0 radical (unpaired) electrons. The standard InChI is InChI=1S/C34H38N12O3S/c1-22(16-44-21-38-42-43-44)49-31-14-23(2-3-24(31)15-35)29-10-11-37-34(39-29)40-30-17-45(41-33(30)48-20-32-36-12-13-50-32)25-4-6-26(7-5-25)46-27-8-9-28(46)19-47-18-27/h2-3,10-14,17,21-22,25-28H,4-9,16,18-20H2,1H3,(H,37,39,40)/t22-,25-,26-,27-,28+/m0/s1. The van der Waals surface area contributed by atoms with E-state index in [1.807, 2.05) is 41.4 Å². The Morgan fingerprint density at radius 3 is 2.62 bits per heavy atom. The maximum Gasteiger partial charge on any atom is 0.257 e. The van der Waals surface area contributed by atoms with Gasteiger partial charge in [-0.3, -0.25) is 9.58 Å². The van der Waals surface area contributed by atoms with Crippen LogP contribution in [0.25, 0.3) is 11.3 Å². The van der Waals surface area contributed by atoms with Crippen LogP contribution in [0.3, 0.4) is 0 Å². The van der Waals surface area contributed by atoms with Crippen molar-refractivity contribution in [2.24, 2.45) is 0 Å². The normalized spacial score (nSPS) is 22.6. The highest BCUT2D eigenvalue weighted by atomic mass is 32.1. The van der Waals surface area contributed by atoms with Gasteiger partial charge in [0.1, 0.15) is 41.6 Å². The Morgan fingerprint density at radius 1 is 1.04 bits per heavy atom. The third kappa shape index (κ3) is 7.02. The van der Waals surface area contributed by atoms with Gasteiger partial charge in [0.2, 0.25) is 5.95 Å². The summed E-state index contributed by atoms with van der Waals surface area (Å²) in [6, 6.07) is 11.5. The summed E-state index contributed by atoms with van der Waals surface area (Å²) in [6.45, 7) is 4.39. The Balaban J connectivity index is 0.993. The highest BCUT2D eigenvalue weighted by Crippen LogP contribution is 2.39. The molecule has 258 valence electrons. The van der Waals surface area contributed by atoms with Crippen LogP contribution in [0.4, 0.5) is 11.6 Å². The molecule has 3 atom stereocenters. The zero-order valence-corrected chi connectivity index (χ0v) is 28.5. The Labute approximate surface area is 293 Å². The lowest BCUT2D eigenvalue weighted by Gasteiger charge is -2.43. The molecule has 6 heterocycles. The number of aromatic nitrogens is 9. The van der Waals surface area contributed by atoms with Gasteiger partial charge < -0.3 is 19.5 Å². The van der Waals surface area contributed by atoms with Gasteiger partial charge in [0, 0.05) is 41.5 Å². The molecule has 1 N–H and O–H groups in total. The quantitative estimate of drug-likeness (QED) is 0.190. The van der Waals surface area contributed by atoms with E-state index >= 15 is 0 Å². The molecule has 2 saturated heterocycles. The molecule has 4 aromatic heterocycles. The Hall–Kier alpha value is -4.98. The zero-order valence-electron chi connectivity index (χ0n) is 27.7. The van der Waals surface area contributed by atoms with Gasteiger partial charge in [-0.25, -0.2) is 19.6 Å². The molecule has 5 aromatic rings. The summed E-state index contributed by atoms with van der Waals surface area (Å²) in [5, 5.41) is 32.1. The first-order valence-corrected chi connectivity index (χ1v) is 17.9. The van der Waals surface area contributed by atoms with E-state index in [1.165, 1.54) is 19.2 Å². The van der Waals surface area contributed by atoms with Crippen LogP contribution < -0.4 is 14.8 Å². The number of hydrogen-bond acceptors (Lipinski definition) is 14. The fraction of sp³-hybridized carbons (Fsp3) is 0.471. The van der Waals surface area contributed by atoms with E-state index in [1.54, 1.807) is 34.5 Å². The molecule has 0 amide bonds. The highest BCUT2D eigenvalue weighted by molar-refractivity contribution is 7.09. The van der Waals surface area contributed by atoms with Crippen molar-refractivity contribution >= 4 is 23.0 Å². The molecule has 15 nitrogen and oxygen atoms in total. The average Bonchev–Trinajstić information content (AvgIpc) is 3.96. The summed E-state index contributed by atoms with van der Waals surface area (Å²) in [5.41, 5.74) is 2.55. The molecule has 2 aliphatic heterocycles. The number of hydrogen-bond donors (Lipinski definition) is 1. The largest absolute Gasteiger partial charge is 0.487 e. The number of benzene rings is 1. The molecule has 2 bridgehead atoms. The molecule has 16 heteroatoms. The number of nitrogens with zero attached hydrogens (tertiary/aromatic N) is 11. The number of fused-ring (bicyclic) bond motifs is 2. The van der Waals surface area contributed by atoms with Crippen LogP contribution in [0.2, 0.25) is 0 Å². The topological polar surface area (TPSA) is 167 Å². The molecule has 50 heavy (non-hydrogen) atoms. The van der Waals surface area contributed by atoms with Gasteiger partial charge in [0.15, 0.2) is 0 Å². The SMILES string of the molecule is C[C@@H](Cn1cnnn1)Oc1cc(-c2ccnc(Nc3cn([C@H]4CC[C@H](N5[C@@H]6CC[C@H]5COC6)CC4)nc3OCc3nccs3)n2)ccc1C#N. The van der Waals surface area contributed by atoms with Crippen molar-refractivity contribution in [3.05, 3.63) is 65.1 Å². The third-order valence-electron chi connectivity index (χ3n) is 9.74. The van der Waals surface area contributed by atoms with Crippen molar-refractivity contribution in [2.75, 3.05) is 18.5 Å². The predicted molar refractivity (Wildman–Crippen MR) is 183 cm³/mol. The number of nitriles is 1. The minimum absolute atomic E-state index is 0.273. The Morgan fingerprint density at radius 2 is 1.86 bits per heavy atom. The summed E-state index contributed by atoms with van der Waals surface area (Å²) in [7, 11) is 0. The lowest BCUT2D eigenvalue weighted by molar-refractivity contribution is -0.0458. The number of anilines is 2. The summed E-state index contributed by atoms with van der Waals surface area (Å²) in [5.74, 6) is 1.33. The molecule has 0 unspecified atom stereocenters. The van der Waals surface area contributed by atoms with E-state index in [0.29, 0.717) is 65.8 Å². The second-order valence-electron chi connectivity index (χ2n) is 13.0. The van der Waals surface area contributed by atoms with E-state index < -0.39 is 0 Å². The lowest BCUT2D eigenvalue weighted by atomic mass is 9.89. The minimum atomic E-state index is -0.285. The van der Waals surface area contributed by atoms with Crippen molar-refractivity contribution in [2.45, 2.75) is 88.9 Å². The number of tetrazole rings is 1. The van der Waals surface area contributed by atoms with Crippen molar-refractivity contribution < 1.29 is 14.2 Å². The van der Waals surface area contributed by atoms with Gasteiger partial charge in [0.25, 0.3) is 5.88 Å². The molecule has 8 rings (SSSR count). The molecule has 1 saturated carbocycles. The maximum absolute atomic E-state index is 9.75. The van der Waals surface area contributed by atoms with Crippen LogP contribution in [0.15, 0.2) is 54.6 Å². The van der Waals surface area contributed by atoms with Gasteiger partial charge in [-0.15, -0.1) is 21.5 Å². The average molecular weight is 695 g/mol. The van der Waals surface area contributed by atoms with E-state index in [-0.39, 0.29) is 12.1 Å². The van der Waals surface area contributed by atoms with E-state index in [9.17, 15) is 5.26 Å². The smallest absolute Gasteiger partial charge is 0.257 e. The fourth-order valence-corrected chi connectivity index (χ4v) is 7.97. The molecular weight excluding hydrogens is 657 g/mol. The lowest BCUT2D eigenvalue weighted by Crippen LogP contribution is -2.52. The van der Waals surface area contributed by atoms with Gasteiger partial charge in [-0.1, -0.05) is 6.07 Å². The third-order valence-corrected chi connectivity index (χ3v) is 10.5. The Kier molecular flexibility index (Phi) is 9.33. The zero-order chi connectivity index (χ0) is 33.9. The predicted octanol–water partition coefficient (Wildman–Crippen LogP) is 4.79. The summed E-state index contributed by atoms with van der Waals surface area (Å²) in [4.78, 5) is 16.5. The van der Waals surface area contributed by atoms with Crippen LogP contribution in [-0.2, 0) is 17.9 Å². The summed E-state index contributed by atoms with van der Waals surface area (Å²) >= 11 is 1.54. The van der Waals surface area contributed by atoms with Gasteiger partial charge >= 0.3 is 0 Å². The first-order valence-electron chi connectivity index (χ1n) is 17.1. The van der Waals surface area contributed by atoms with Crippen molar-refractivity contribution in [3.63, 3.8) is 0 Å². The molecule has 3 fully saturated rings. The van der Waals surface area contributed by atoms with Crippen LogP contribution in [0.5, 0.6) is 11.6 Å². The van der Waals surface area contributed by atoms with E-state index in [0.717, 1.165) is 49.5 Å². The van der Waals surface area contributed by atoms with Crippen LogP contribution >= 0.6 is 11.3 Å². The van der Waals surface area contributed by atoms with E-state index in [2.05, 4.69) is 41.8 Å². The first-order chi connectivity index (χ1) is 24.6. The minimum Gasteiger partial charge on any atom is -0.487 e. The fourth-order valence-electron chi connectivity index (χ4n) is 7.44. The van der Waals surface area contributed by atoms with Gasteiger partial charge in [-0.05, 0) is 74.1 Å². The Bertz CT molecular complexity index is 1900. The van der Waals surface area contributed by atoms with Crippen LogP contribution in [0.1, 0.15) is 62.1 Å². The summed E-state index contributed by atoms with van der Waals surface area (Å²) < 4.78 is 21.8. The molecule has 3 aliphatic rings. The maximum atomic E-state index is 9.75. The molecular formula is C34H38N12O3S. The monoisotopic (exact) mass is 694 g/mol. The van der Waals surface area contributed by atoms with Crippen LogP contribution in [-0.4, -0.2) is 87.3 Å². The highest BCUT2D eigenvalue weighted by Gasteiger charge is 2.42. The van der Waals surface area contributed by atoms with Crippen molar-refractivity contribution in [3.8, 4) is 29.0 Å². The van der Waals surface area contributed by atoms with E-state index in [4.69, 9.17) is 24.3 Å². The molecule has 1 aliphatic carbocycles. The molecule has 0 spiro atoms.